The Balaban J connectivity index is 1.49. The lowest BCUT2D eigenvalue weighted by Crippen LogP contribution is -2.02. The zero-order chi connectivity index (χ0) is 22.1. The summed E-state index contributed by atoms with van der Waals surface area (Å²) in [5.74, 6) is 0. The molecule has 2 aromatic carbocycles. The number of thiazole rings is 1. The Hall–Kier alpha value is -4.28. The van der Waals surface area contributed by atoms with E-state index in [4.69, 9.17) is 4.42 Å². The summed E-state index contributed by atoms with van der Waals surface area (Å²) >= 11 is 1.29. The van der Waals surface area contributed by atoms with Gasteiger partial charge in [-0.2, -0.15) is 5.26 Å². The van der Waals surface area contributed by atoms with E-state index < -0.39 is 5.63 Å². The Morgan fingerprint density at radius 1 is 1.09 bits per heavy atom. The van der Waals surface area contributed by atoms with Crippen LogP contribution in [0.5, 0.6) is 0 Å². The fourth-order valence-electron chi connectivity index (χ4n) is 3.41. The molecule has 5 aromatic rings. The molecule has 0 fully saturated rings. The van der Waals surface area contributed by atoms with Gasteiger partial charge in [0.15, 0.2) is 0 Å². The molecule has 0 aliphatic carbocycles. The summed E-state index contributed by atoms with van der Waals surface area (Å²) in [5, 5.41) is 17.0. The van der Waals surface area contributed by atoms with Crippen LogP contribution in [0.1, 0.15) is 10.7 Å². The van der Waals surface area contributed by atoms with Gasteiger partial charge >= 0.3 is 5.63 Å². The lowest BCUT2D eigenvalue weighted by atomic mass is 10.1. The SMILES string of the molecule is Cc1ccc2cccc(NC=C(C#N)c3nc(-c4cc5ccccc5oc4=O)cs3)c2n1. The van der Waals surface area contributed by atoms with Gasteiger partial charge < -0.3 is 9.73 Å². The van der Waals surface area contributed by atoms with E-state index in [1.807, 2.05) is 55.5 Å². The second kappa shape index (κ2) is 8.10. The first-order valence-corrected chi connectivity index (χ1v) is 10.7. The van der Waals surface area contributed by atoms with Crippen LogP contribution in [0.3, 0.4) is 0 Å². The van der Waals surface area contributed by atoms with Crippen LogP contribution >= 0.6 is 11.3 Å². The molecule has 0 aliphatic rings. The zero-order valence-electron chi connectivity index (χ0n) is 17.0. The van der Waals surface area contributed by atoms with Gasteiger partial charge in [0.2, 0.25) is 0 Å². The van der Waals surface area contributed by atoms with Gasteiger partial charge in [-0.25, -0.2) is 9.78 Å². The predicted molar refractivity (Wildman–Crippen MR) is 127 cm³/mol. The van der Waals surface area contributed by atoms with E-state index >= 15 is 0 Å². The summed E-state index contributed by atoms with van der Waals surface area (Å²) < 4.78 is 5.41. The lowest BCUT2D eigenvalue weighted by molar-refractivity contribution is 0.563. The van der Waals surface area contributed by atoms with Crippen molar-refractivity contribution in [2.24, 2.45) is 0 Å². The second-order valence-corrected chi connectivity index (χ2v) is 8.03. The van der Waals surface area contributed by atoms with Crippen LogP contribution in [0.15, 0.2) is 81.5 Å². The van der Waals surface area contributed by atoms with Crippen LogP contribution in [-0.2, 0) is 0 Å². The minimum absolute atomic E-state index is 0.357. The third-order valence-corrected chi connectivity index (χ3v) is 5.88. The highest BCUT2D eigenvalue weighted by molar-refractivity contribution is 7.11. The van der Waals surface area contributed by atoms with Gasteiger partial charge in [0, 0.05) is 28.0 Å². The number of hydrogen-bond donors (Lipinski definition) is 1. The predicted octanol–water partition coefficient (Wildman–Crippen LogP) is 5.75. The molecule has 6 nitrogen and oxygen atoms in total. The van der Waals surface area contributed by atoms with E-state index in [9.17, 15) is 10.1 Å². The molecule has 0 amide bonds. The quantitative estimate of drug-likeness (QED) is 0.285. The number of allylic oxidation sites excluding steroid dienone is 1. The number of rotatable bonds is 4. The van der Waals surface area contributed by atoms with E-state index in [2.05, 4.69) is 21.4 Å². The Morgan fingerprint density at radius 2 is 1.94 bits per heavy atom. The molecule has 3 aromatic heterocycles. The summed E-state index contributed by atoms with van der Waals surface area (Å²) in [7, 11) is 0. The summed E-state index contributed by atoms with van der Waals surface area (Å²) in [5.41, 5.74) is 3.81. The normalized spacial score (nSPS) is 11.6. The highest BCUT2D eigenvalue weighted by Crippen LogP contribution is 2.27. The van der Waals surface area contributed by atoms with Crippen LogP contribution in [0.2, 0.25) is 0 Å². The zero-order valence-corrected chi connectivity index (χ0v) is 17.8. The van der Waals surface area contributed by atoms with Crippen LogP contribution in [0.4, 0.5) is 5.69 Å². The third kappa shape index (κ3) is 3.64. The average Bonchev–Trinajstić information content (AvgIpc) is 3.29. The van der Waals surface area contributed by atoms with Crippen molar-refractivity contribution < 1.29 is 4.42 Å². The second-order valence-electron chi connectivity index (χ2n) is 7.17. The molecule has 0 saturated carbocycles. The van der Waals surface area contributed by atoms with Crippen molar-refractivity contribution in [2.45, 2.75) is 6.92 Å². The number of nitrogens with zero attached hydrogens (tertiary/aromatic N) is 3. The van der Waals surface area contributed by atoms with Crippen molar-refractivity contribution in [1.82, 2.24) is 9.97 Å². The third-order valence-electron chi connectivity index (χ3n) is 5.00. The van der Waals surface area contributed by atoms with Gasteiger partial charge in [0.1, 0.15) is 22.2 Å². The number of anilines is 1. The summed E-state index contributed by atoms with van der Waals surface area (Å²) in [6.45, 7) is 1.94. The molecule has 7 heteroatoms. The van der Waals surface area contributed by atoms with Gasteiger partial charge in [0.05, 0.1) is 22.5 Å². The van der Waals surface area contributed by atoms with E-state index in [0.717, 1.165) is 27.7 Å². The number of benzene rings is 2. The van der Waals surface area contributed by atoms with Gasteiger partial charge in [-0.1, -0.05) is 36.4 Å². The van der Waals surface area contributed by atoms with Crippen molar-refractivity contribution in [3.63, 3.8) is 0 Å². The average molecular weight is 436 g/mol. The molecule has 1 N–H and O–H groups in total. The molecule has 5 rings (SSSR count). The molecule has 0 atom stereocenters. The number of nitrogens with one attached hydrogen (secondary N) is 1. The molecule has 0 saturated heterocycles. The molecule has 154 valence electrons. The van der Waals surface area contributed by atoms with Crippen LogP contribution in [-0.4, -0.2) is 9.97 Å². The Labute approximate surface area is 187 Å². The summed E-state index contributed by atoms with van der Waals surface area (Å²) in [6.07, 6.45) is 1.62. The number of nitriles is 1. The maximum Gasteiger partial charge on any atom is 0.345 e. The minimum Gasteiger partial charge on any atom is -0.422 e. The first kappa shape index (κ1) is 19.7. The first-order chi connectivity index (χ1) is 15.6. The molecular weight excluding hydrogens is 420 g/mol. The Morgan fingerprint density at radius 3 is 2.81 bits per heavy atom. The molecule has 0 radical (unpaired) electrons. The first-order valence-electron chi connectivity index (χ1n) is 9.85. The van der Waals surface area contributed by atoms with E-state index in [-0.39, 0.29) is 0 Å². The monoisotopic (exact) mass is 436 g/mol. The summed E-state index contributed by atoms with van der Waals surface area (Å²) in [4.78, 5) is 21.6. The fourth-order valence-corrected chi connectivity index (χ4v) is 4.20. The van der Waals surface area contributed by atoms with Crippen molar-refractivity contribution >= 4 is 44.5 Å². The number of aromatic nitrogens is 2. The van der Waals surface area contributed by atoms with Crippen LogP contribution in [0, 0.1) is 18.3 Å². The van der Waals surface area contributed by atoms with Gasteiger partial charge in [-0.05, 0) is 31.2 Å². The number of hydrogen-bond acceptors (Lipinski definition) is 7. The van der Waals surface area contributed by atoms with Crippen LogP contribution in [0.25, 0.3) is 38.7 Å². The molecule has 32 heavy (non-hydrogen) atoms. The molecular formula is C25H16N4O2S. The smallest absolute Gasteiger partial charge is 0.345 e. The highest BCUT2D eigenvalue weighted by atomic mass is 32.1. The molecule has 3 heterocycles. The van der Waals surface area contributed by atoms with Crippen molar-refractivity contribution in [3.05, 3.63) is 93.4 Å². The van der Waals surface area contributed by atoms with Gasteiger partial charge in [0.25, 0.3) is 0 Å². The van der Waals surface area contributed by atoms with Gasteiger partial charge in [-0.15, -0.1) is 11.3 Å². The van der Waals surface area contributed by atoms with Gasteiger partial charge in [-0.3, -0.25) is 4.98 Å². The Kier molecular flexibility index (Phi) is 4.98. The van der Waals surface area contributed by atoms with Crippen molar-refractivity contribution in [1.29, 1.82) is 5.26 Å². The summed E-state index contributed by atoms with van der Waals surface area (Å²) in [6, 6.07) is 21.1. The van der Waals surface area contributed by atoms with E-state index in [1.54, 1.807) is 23.7 Å². The standard InChI is InChI=1S/C25H16N4O2S/c1-15-9-10-16-6-4-7-20(23(16)28-15)27-13-18(12-26)24-29-21(14-32-24)19-11-17-5-2-3-8-22(17)31-25(19)30/h2-11,13-14,27H,1H3. The maximum atomic E-state index is 12.4. The molecule has 0 aliphatic heterocycles. The number of para-hydroxylation sites is 2. The van der Waals surface area contributed by atoms with Crippen molar-refractivity contribution in [2.75, 3.05) is 5.32 Å². The topological polar surface area (TPSA) is 91.8 Å². The van der Waals surface area contributed by atoms with E-state index in [1.165, 1.54) is 11.3 Å². The lowest BCUT2D eigenvalue weighted by Gasteiger charge is -2.06. The van der Waals surface area contributed by atoms with E-state index in [0.29, 0.717) is 27.4 Å². The Bertz CT molecular complexity index is 1610. The number of aryl methyl sites for hydroxylation is 1. The number of pyridine rings is 1. The highest BCUT2D eigenvalue weighted by Gasteiger charge is 2.14. The number of fused-ring (bicyclic) bond motifs is 2. The minimum atomic E-state index is -0.460. The molecule has 0 unspecified atom stereocenters. The molecule has 0 bridgehead atoms. The molecule has 0 spiro atoms. The van der Waals surface area contributed by atoms with Crippen LogP contribution < -0.4 is 10.9 Å². The fraction of sp³-hybridized carbons (Fsp3) is 0.0400. The van der Waals surface area contributed by atoms with Crippen molar-refractivity contribution in [3.8, 4) is 17.3 Å². The maximum absolute atomic E-state index is 12.4. The largest absolute Gasteiger partial charge is 0.422 e.